The van der Waals surface area contributed by atoms with Crippen LogP contribution < -0.4 is 14.8 Å². The van der Waals surface area contributed by atoms with Crippen LogP contribution in [0.15, 0.2) is 24.3 Å². The van der Waals surface area contributed by atoms with Crippen LogP contribution in [0.3, 0.4) is 0 Å². The number of rotatable bonds is 2. The third-order valence-corrected chi connectivity index (χ3v) is 3.68. The van der Waals surface area contributed by atoms with Crippen molar-refractivity contribution in [2.75, 3.05) is 19.0 Å². The predicted molar refractivity (Wildman–Crippen MR) is 78.6 cm³/mol. The molecule has 2 nitrogen and oxygen atoms in total. The summed E-state index contributed by atoms with van der Waals surface area (Å²) in [7, 11) is 4.06. The zero-order chi connectivity index (χ0) is 12.4. The van der Waals surface area contributed by atoms with Crippen molar-refractivity contribution >= 4 is 41.9 Å². The van der Waals surface area contributed by atoms with Crippen molar-refractivity contribution < 1.29 is 0 Å². The van der Waals surface area contributed by atoms with E-state index in [0.29, 0.717) is 0 Å². The average molecular weight is 262 g/mol. The van der Waals surface area contributed by atoms with E-state index in [2.05, 4.69) is 46.8 Å². The Balaban J connectivity index is 2.43. The fourth-order valence-electron chi connectivity index (χ4n) is 1.51. The zero-order valence-corrected chi connectivity index (χ0v) is 11.5. The first-order valence-electron chi connectivity index (χ1n) is 5.23. The maximum absolute atomic E-state index is 5.09. The summed E-state index contributed by atoms with van der Waals surface area (Å²) in [6.07, 6.45) is 2.10. The zero-order valence-electron chi connectivity index (χ0n) is 9.86. The summed E-state index contributed by atoms with van der Waals surface area (Å²) in [6.45, 7) is 3.93. The number of anilines is 1. The van der Waals surface area contributed by atoms with E-state index in [1.165, 1.54) is 5.69 Å². The van der Waals surface area contributed by atoms with Crippen molar-refractivity contribution in [2.45, 2.75) is 0 Å². The molecule has 1 aromatic heterocycles. The molecule has 0 aliphatic rings. The number of aromatic nitrogens is 1. The third-order valence-electron chi connectivity index (χ3n) is 2.46. The van der Waals surface area contributed by atoms with Crippen LogP contribution in [0.25, 0.3) is 12.7 Å². The molecule has 0 unspecified atom stereocenters. The summed E-state index contributed by atoms with van der Waals surface area (Å²) in [5, 5.41) is 0.886. The van der Waals surface area contributed by atoms with Crippen molar-refractivity contribution in [3.8, 4) is 0 Å². The second kappa shape index (κ2) is 4.85. The highest BCUT2D eigenvalue weighted by atomic mass is 32.1. The van der Waals surface area contributed by atoms with Crippen LogP contribution in [0.1, 0.15) is 5.56 Å². The van der Waals surface area contributed by atoms with Crippen LogP contribution in [-0.4, -0.2) is 19.1 Å². The molecule has 4 heteroatoms. The van der Waals surface area contributed by atoms with E-state index in [4.69, 9.17) is 12.2 Å². The van der Waals surface area contributed by atoms with Gasteiger partial charge < -0.3 is 9.88 Å². The number of aromatic amines is 1. The fraction of sp³-hybridized carbons (Fsp3) is 0.154. The highest BCUT2D eigenvalue weighted by Gasteiger charge is 1.94. The summed E-state index contributed by atoms with van der Waals surface area (Å²) >= 11 is 6.64. The number of nitrogens with zero attached hydrogens (tertiary/aromatic N) is 1. The van der Waals surface area contributed by atoms with Gasteiger partial charge >= 0.3 is 0 Å². The minimum absolute atomic E-state index is 0.770. The van der Waals surface area contributed by atoms with Gasteiger partial charge in [0.1, 0.15) is 0 Å². The normalized spacial score (nSPS) is 11.8. The van der Waals surface area contributed by atoms with Crippen molar-refractivity contribution in [3.05, 3.63) is 43.7 Å². The van der Waals surface area contributed by atoms with Gasteiger partial charge in [0.25, 0.3) is 0 Å². The lowest BCUT2D eigenvalue weighted by atomic mass is 10.2. The molecule has 1 heterocycles. The van der Waals surface area contributed by atoms with Gasteiger partial charge in [0.2, 0.25) is 0 Å². The smallest absolute Gasteiger partial charge is 0.159 e. The van der Waals surface area contributed by atoms with Crippen molar-refractivity contribution in [1.82, 2.24) is 4.98 Å². The Hall–Kier alpha value is -1.39. The van der Waals surface area contributed by atoms with Gasteiger partial charge in [-0.3, -0.25) is 0 Å². The Bertz CT molecular complexity index is 663. The molecule has 0 spiro atoms. The standard InChI is InChI=1S/C13H14N2S2/c1-9-12(17-13(16)14-9)8-10-4-6-11(7-5-10)15(2)3/h4-8H,1H2,2-3H3,(H,14,16)/b12-8-. The van der Waals surface area contributed by atoms with E-state index in [-0.39, 0.29) is 0 Å². The monoisotopic (exact) mass is 262 g/mol. The molecule has 2 aromatic rings. The van der Waals surface area contributed by atoms with Crippen LogP contribution >= 0.6 is 23.6 Å². The second-order valence-corrected chi connectivity index (χ2v) is 5.71. The van der Waals surface area contributed by atoms with Gasteiger partial charge in [-0.25, -0.2) is 0 Å². The molecule has 1 N–H and O–H groups in total. The largest absolute Gasteiger partial charge is 0.378 e. The van der Waals surface area contributed by atoms with E-state index in [1.54, 1.807) is 11.3 Å². The minimum atomic E-state index is 0.770. The van der Waals surface area contributed by atoms with Gasteiger partial charge in [-0.05, 0) is 36.0 Å². The molecule has 0 radical (unpaired) electrons. The summed E-state index contributed by atoms with van der Waals surface area (Å²) in [5.74, 6) is 0. The molecule has 0 amide bonds. The minimum Gasteiger partial charge on any atom is -0.378 e. The maximum Gasteiger partial charge on any atom is 0.159 e. The van der Waals surface area contributed by atoms with Gasteiger partial charge in [-0.2, -0.15) is 0 Å². The Morgan fingerprint density at radius 1 is 1.29 bits per heavy atom. The van der Waals surface area contributed by atoms with Gasteiger partial charge in [0.05, 0.1) is 4.53 Å². The highest BCUT2D eigenvalue weighted by Crippen LogP contribution is 2.12. The first kappa shape index (κ1) is 12.1. The Labute approximate surface area is 110 Å². The number of nitrogens with one attached hydrogen (secondary N) is 1. The number of H-pyrrole nitrogens is 1. The summed E-state index contributed by atoms with van der Waals surface area (Å²) < 4.78 is 1.86. The number of benzene rings is 1. The van der Waals surface area contributed by atoms with Crippen LogP contribution in [0.2, 0.25) is 0 Å². The molecule has 88 valence electrons. The average Bonchev–Trinajstić information content (AvgIpc) is 2.58. The van der Waals surface area contributed by atoms with Crippen LogP contribution in [0, 0.1) is 3.95 Å². The molecule has 0 fully saturated rings. The van der Waals surface area contributed by atoms with Crippen LogP contribution in [0.5, 0.6) is 0 Å². The molecule has 0 saturated carbocycles. The molecule has 0 aliphatic heterocycles. The number of hydrogen-bond acceptors (Lipinski definition) is 3. The third kappa shape index (κ3) is 2.84. The lowest BCUT2D eigenvalue weighted by Crippen LogP contribution is -2.18. The van der Waals surface area contributed by atoms with Crippen molar-refractivity contribution in [2.24, 2.45) is 0 Å². The highest BCUT2D eigenvalue weighted by molar-refractivity contribution is 7.73. The Kier molecular flexibility index (Phi) is 3.45. The topological polar surface area (TPSA) is 19.0 Å². The molecular weight excluding hydrogens is 248 g/mol. The van der Waals surface area contributed by atoms with Crippen LogP contribution in [-0.2, 0) is 0 Å². The van der Waals surface area contributed by atoms with E-state index in [1.807, 2.05) is 14.1 Å². The second-order valence-electron chi connectivity index (χ2n) is 3.99. The molecule has 0 aliphatic carbocycles. The molecule has 2 rings (SSSR count). The lowest BCUT2D eigenvalue weighted by molar-refractivity contribution is 1.13. The first-order valence-corrected chi connectivity index (χ1v) is 6.46. The van der Waals surface area contributed by atoms with E-state index in [9.17, 15) is 0 Å². The summed E-state index contributed by atoms with van der Waals surface area (Å²) in [4.78, 5) is 5.12. The van der Waals surface area contributed by atoms with Crippen molar-refractivity contribution in [3.63, 3.8) is 0 Å². The summed E-state index contributed by atoms with van der Waals surface area (Å²) in [6, 6.07) is 8.39. The quantitative estimate of drug-likeness (QED) is 0.836. The van der Waals surface area contributed by atoms with Gasteiger partial charge in [-0.1, -0.05) is 18.7 Å². The molecule has 0 bridgehead atoms. The molecule has 17 heavy (non-hydrogen) atoms. The number of thiazole rings is 1. The molecule has 0 saturated heterocycles. The van der Waals surface area contributed by atoms with Crippen molar-refractivity contribution in [1.29, 1.82) is 0 Å². The SMILES string of the molecule is C=c1[nH]c(=S)s/c1=C\c1ccc(N(C)C)cc1. The van der Waals surface area contributed by atoms with Gasteiger partial charge in [0, 0.05) is 25.1 Å². The van der Waals surface area contributed by atoms with Gasteiger partial charge in [-0.15, -0.1) is 11.3 Å². The Morgan fingerprint density at radius 2 is 1.94 bits per heavy atom. The summed E-state index contributed by atoms with van der Waals surface area (Å²) in [5.41, 5.74) is 2.35. The maximum atomic E-state index is 5.09. The lowest BCUT2D eigenvalue weighted by Gasteiger charge is -2.11. The van der Waals surface area contributed by atoms with E-state index < -0.39 is 0 Å². The molecule has 1 aromatic carbocycles. The predicted octanol–water partition coefficient (Wildman–Crippen LogP) is 2.11. The van der Waals surface area contributed by atoms with Crippen LogP contribution in [0.4, 0.5) is 5.69 Å². The fourth-order valence-corrected chi connectivity index (χ4v) is 2.64. The Morgan fingerprint density at radius 3 is 2.41 bits per heavy atom. The molecule has 0 atom stereocenters. The first-order chi connectivity index (χ1) is 8.06. The number of hydrogen-bond donors (Lipinski definition) is 1. The van der Waals surface area contributed by atoms with E-state index in [0.717, 1.165) is 19.4 Å². The molecular formula is C13H14N2S2. The van der Waals surface area contributed by atoms with E-state index >= 15 is 0 Å². The van der Waals surface area contributed by atoms with Gasteiger partial charge in [0.15, 0.2) is 3.95 Å².